The zero-order valence-corrected chi connectivity index (χ0v) is 11.6. The van der Waals surface area contributed by atoms with Crippen LogP contribution in [-0.2, 0) is 0 Å². The molecule has 0 aliphatic carbocycles. The van der Waals surface area contributed by atoms with Gasteiger partial charge < -0.3 is 15.2 Å². The Morgan fingerprint density at radius 2 is 2.10 bits per heavy atom. The molecule has 21 heavy (non-hydrogen) atoms. The maximum Gasteiger partial charge on any atom is 0.314 e. The van der Waals surface area contributed by atoms with Gasteiger partial charge in [-0.2, -0.15) is 0 Å². The van der Waals surface area contributed by atoms with E-state index in [2.05, 4.69) is 4.98 Å². The number of benzene rings is 1. The molecule has 0 aliphatic heterocycles. The van der Waals surface area contributed by atoms with Crippen LogP contribution in [0.5, 0.6) is 17.4 Å². The molecule has 1 aromatic heterocycles. The van der Waals surface area contributed by atoms with Crippen molar-refractivity contribution in [2.45, 2.75) is 13.0 Å². The van der Waals surface area contributed by atoms with Crippen LogP contribution in [-0.4, -0.2) is 17.0 Å². The number of nitro groups is 1. The van der Waals surface area contributed by atoms with Gasteiger partial charge in [-0.15, -0.1) is 0 Å². The Balaban J connectivity index is 2.29. The molecule has 2 aromatic rings. The average Bonchev–Trinajstić information content (AvgIpc) is 2.47. The van der Waals surface area contributed by atoms with E-state index < -0.39 is 4.92 Å². The van der Waals surface area contributed by atoms with Gasteiger partial charge in [-0.1, -0.05) is 0 Å². The van der Waals surface area contributed by atoms with Gasteiger partial charge in [0.05, 0.1) is 18.1 Å². The first-order chi connectivity index (χ1) is 10.0. The van der Waals surface area contributed by atoms with Gasteiger partial charge in [-0.3, -0.25) is 10.1 Å². The topological polar surface area (TPSA) is 101 Å². The van der Waals surface area contributed by atoms with Gasteiger partial charge in [0.15, 0.2) is 5.75 Å². The second kappa shape index (κ2) is 6.19. The summed E-state index contributed by atoms with van der Waals surface area (Å²) < 4.78 is 10.5. The first kappa shape index (κ1) is 14.7. The summed E-state index contributed by atoms with van der Waals surface area (Å²) in [6.45, 7) is 1.84. The van der Waals surface area contributed by atoms with Gasteiger partial charge in [0, 0.05) is 18.3 Å². The number of nitrogens with two attached hydrogens (primary N) is 1. The molecule has 0 radical (unpaired) electrons. The molecule has 0 spiro atoms. The van der Waals surface area contributed by atoms with E-state index in [1.807, 2.05) is 6.92 Å². The van der Waals surface area contributed by atoms with Crippen LogP contribution >= 0.6 is 0 Å². The van der Waals surface area contributed by atoms with E-state index in [9.17, 15) is 10.1 Å². The van der Waals surface area contributed by atoms with E-state index >= 15 is 0 Å². The van der Waals surface area contributed by atoms with Crippen molar-refractivity contribution in [3.8, 4) is 17.4 Å². The number of nitro benzene ring substituents is 1. The maximum atomic E-state index is 11.0. The molecule has 7 nitrogen and oxygen atoms in total. The summed E-state index contributed by atoms with van der Waals surface area (Å²) in [5.41, 5.74) is 6.48. The van der Waals surface area contributed by atoms with Crippen molar-refractivity contribution in [1.29, 1.82) is 0 Å². The minimum atomic E-state index is -0.530. The first-order valence-corrected chi connectivity index (χ1v) is 6.23. The minimum absolute atomic E-state index is 0.152. The molecular weight excluding hydrogens is 274 g/mol. The summed E-state index contributed by atoms with van der Waals surface area (Å²) in [6, 6.07) is 7.67. The Bertz CT molecular complexity index is 658. The summed E-state index contributed by atoms with van der Waals surface area (Å²) in [5, 5.41) is 11.0. The molecule has 0 aliphatic rings. The van der Waals surface area contributed by atoms with Crippen LogP contribution in [0.15, 0.2) is 36.5 Å². The fourth-order valence-electron chi connectivity index (χ4n) is 1.76. The Labute approximate surface area is 121 Å². The Morgan fingerprint density at radius 3 is 2.71 bits per heavy atom. The molecule has 0 bridgehead atoms. The SMILES string of the molecule is COc1ccc(Oc2cc([C@H](C)N)ccn2)cc1[N+](=O)[O-]. The van der Waals surface area contributed by atoms with Crippen LogP contribution in [0.25, 0.3) is 0 Å². The average molecular weight is 289 g/mol. The highest BCUT2D eigenvalue weighted by Crippen LogP contribution is 2.32. The van der Waals surface area contributed by atoms with Crippen molar-refractivity contribution in [2.24, 2.45) is 5.73 Å². The second-order valence-electron chi connectivity index (χ2n) is 4.41. The molecular formula is C14H15N3O4. The lowest BCUT2D eigenvalue weighted by molar-refractivity contribution is -0.385. The predicted octanol–water partition coefficient (Wildman–Crippen LogP) is 2.81. The molecule has 2 N–H and O–H groups in total. The third-order valence-electron chi connectivity index (χ3n) is 2.85. The van der Waals surface area contributed by atoms with Crippen molar-refractivity contribution in [1.82, 2.24) is 4.98 Å². The number of pyridine rings is 1. The lowest BCUT2D eigenvalue weighted by atomic mass is 10.1. The number of rotatable bonds is 5. The quantitative estimate of drug-likeness (QED) is 0.671. The summed E-state index contributed by atoms with van der Waals surface area (Å²) in [4.78, 5) is 14.5. The Hall–Kier alpha value is -2.67. The van der Waals surface area contributed by atoms with Crippen molar-refractivity contribution < 1.29 is 14.4 Å². The molecule has 0 saturated heterocycles. The number of nitrogens with zero attached hydrogens (tertiary/aromatic N) is 2. The van der Waals surface area contributed by atoms with Crippen LogP contribution < -0.4 is 15.2 Å². The zero-order valence-electron chi connectivity index (χ0n) is 11.6. The van der Waals surface area contributed by atoms with E-state index in [4.69, 9.17) is 15.2 Å². The summed E-state index contributed by atoms with van der Waals surface area (Å²) in [5.74, 6) is 0.797. The van der Waals surface area contributed by atoms with E-state index in [1.165, 1.54) is 19.2 Å². The number of ether oxygens (including phenoxy) is 2. The van der Waals surface area contributed by atoms with E-state index in [1.54, 1.807) is 24.4 Å². The second-order valence-corrected chi connectivity index (χ2v) is 4.41. The van der Waals surface area contributed by atoms with E-state index in [0.717, 1.165) is 5.56 Å². The van der Waals surface area contributed by atoms with Gasteiger partial charge in [-0.25, -0.2) is 4.98 Å². The van der Waals surface area contributed by atoms with Crippen LogP contribution in [0.1, 0.15) is 18.5 Å². The smallest absolute Gasteiger partial charge is 0.314 e. The van der Waals surface area contributed by atoms with E-state index in [-0.39, 0.29) is 17.5 Å². The fourth-order valence-corrected chi connectivity index (χ4v) is 1.76. The van der Waals surface area contributed by atoms with Crippen molar-refractivity contribution in [3.63, 3.8) is 0 Å². The Morgan fingerprint density at radius 1 is 1.33 bits per heavy atom. The monoisotopic (exact) mass is 289 g/mol. The third kappa shape index (κ3) is 3.46. The maximum absolute atomic E-state index is 11.0. The number of hydrogen-bond acceptors (Lipinski definition) is 6. The number of hydrogen-bond donors (Lipinski definition) is 1. The first-order valence-electron chi connectivity index (χ1n) is 6.23. The lowest BCUT2D eigenvalue weighted by Crippen LogP contribution is -2.05. The number of aromatic nitrogens is 1. The standard InChI is InChI=1S/C14H15N3O4/c1-9(15)10-5-6-16-14(7-10)21-11-3-4-13(20-2)12(8-11)17(18)19/h3-9H,15H2,1-2H3/t9-/m0/s1. The molecule has 1 heterocycles. The van der Waals surface area contributed by atoms with Crippen molar-refractivity contribution >= 4 is 5.69 Å². The number of methoxy groups -OCH3 is 1. The highest BCUT2D eigenvalue weighted by molar-refractivity contribution is 5.51. The van der Waals surface area contributed by atoms with Gasteiger partial charge in [-0.05, 0) is 30.7 Å². The molecule has 2 rings (SSSR count). The van der Waals surface area contributed by atoms with Gasteiger partial charge in [0.2, 0.25) is 5.88 Å². The predicted molar refractivity (Wildman–Crippen MR) is 76.6 cm³/mol. The largest absolute Gasteiger partial charge is 0.490 e. The molecule has 0 unspecified atom stereocenters. The molecule has 0 saturated carbocycles. The van der Waals surface area contributed by atoms with Crippen LogP contribution in [0, 0.1) is 10.1 Å². The van der Waals surface area contributed by atoms with Crippen LogP contribution in [0.4, 0.5) is 5.69 Å². The van der Waals surface area contributed by atoms with Crippen LogP contribution in [0.3, 0.4) is 0 Å². The van der Waals surface area contributed by atoms with Crippen molar-refractivity contribution in [3.05, 3.63) is 52.2 Å². The zero-order chi connectivity index (χ0) is 15.4. The normalized spacial score (nSPS) is 11.8. The third-order valence-corrected chi connectivity index (χ3v) is 2.85. The molecule has 1 aromatic carbocycles. The van der Waals surface area contributed by atoms with E-state index in [0.29, 0.717) is 11.6 Å². The fraction of sp³-hybridized carbons (Fsp3) is 0.214. The van der Waals surface area contributed by atoms with Crippen molar-refractivity contribution in [2.75, 3.05) is 7.11 Å². The minimum Gasteiger partial charge on any atom is -0.490 e. The summed E-state index contributed by atoms with van der Waals surface area (Å²) in [7, 11) is 1.37. The lowest BCUT2D eigenvalue weighted by Gasteiger charge is -2.09. The molecule has 0 amide bonds. The van der Waals surface area contributed by atoms with Gasteiger partial charge in [0.25, 0.3) is 0 Å². The summed E-state index contributed by atoms with van der Waals surface area (Å²) in [6.07, 6.45) is 1.58. The molecule has 0 fully saturated rings. The molecule has 110 valence electrons. The molecule has 1 atom stereocenters. The highest BCUT2D eigenvalue weighted by atomic mass is 16.6. The summed E-state index contributed by atoms with van der Waals surface area (Å²) >= 11 is 0. The van der Waals surface area contributed by atoms with Gasteiger partial charge >= 0.3 is 5.69 Å². The van der Waals surface area contributed by atoms with Gasteiger partial charge in [0.1, 0.15) is 5.75 Å². The highest BCUT2D eigenvalue weighted by Gasteiger charge is 2.16. The van der Waals surface area contributed by atoms with Crippen LogP contribution in [0.2, 0.25) is 0 Å². The molecule has 7 heteroatoms. The Kier molecular flexibility index (Phi) is 4.34.